The molecule has 0 spiro atoms. The minimum Gasteiger partial charge on any atom is -0.497 e. The van der Waals surface area contributed by atoms with E-state index in [1.54, 1.807) is 12.0 Å². The van der Waals surface area contributed by atoms with Gasteiger partial charge in [0.15, 0.2) is 0 Å². The minimum atomic E-state index is -0.894. The molecule has 5 rings (SSSR count). The lowest BCUT2D eigenvalue weighted by atomic mass is 9.74. The van der Waals surface area contributed by atoms with Gasteiger partial charge in [-0.25, -0.2) is 4.79 Å². The number of rotatable bonds is 6. The van der Waals surface area contributed by atoms with Crippen LogP contribution in [0, 0.1) is 5.41 Å². The first-order valence-corrected chi connectivity index (χ1v) is 12.0. The SMILES string of the molecule is COc1ccc(CC2(C(=O)O)CCN(C(=O)OCC3c4ccccc4-c4ccccc43)CC2)cc1. The first-order valence-electron chi connectivity index (χ1n) is 12.0. The van der Waals surface area contributed by atoms with E-state index in [4.69, 9.17) is 9.47 Å². The van der Waals surface area contributed by atoms with Crippen molar-refractivity contribution in [3.05, 3.63) is 89.5 Å². The number of carbonyl (C=O) groups excluding carboxylic acids is 1. The molecule has 0 radical (unpaired) electrons. The number of carboxylic acids is 1. The topological polar surface area (TPSA) is 76.1 Å². The van der Waals surface area contributed by atoms with Crippen molar-refractivity contribution in [2.75, 3.05) is 26.8 Å². The molecule has 1 heterocycles. The molecule has 6 nitrogen and oxygen atoms in total. The highest BCUT2D eigenvalue weighted by molar-refractivity contribution is 5.79. The molecule has 1 aliphatic carbocycles. The van der Waals surface area contributed by atoms with E-state index in [9.17, 15) is 14.7 Å². The van der Waals surface area contributed by atoms with Crippen molar-refractivity contribution in [3.8, 4) is 16.9 Å². The van der Waals surface area contributed by atoms with Crippen LogP contribution in [-0.2, 0) is 16.0 Å². The van der Waals surface area contributed by atoms with Crippen molar-refractivity contribution in [1.29, 1.82) is 0 Å². The Morgan fingerprint density at radius 1 is 0.914 bits per heavy atom. The van der Waals surface area contributed by atoms with Crippen molar-refractivity contribution in [2.24, 2.45) is 5.41 Å². The smallest absolute Gasteiger partial charge is 0.409 e. The van der Waals surface area contributed by atoms with Gasteiger partial charge in [0, 0.05) is 19.0 Å². The van der Waals surface area contributed by atoms with E-state index >= 15 is 0 Å². The number of hydrogen-bond donors (Lipinski definition) is 1. The predicted octanol–water partition coefficient (Wildman–Crippen LogP) is 5.35. The molecule has 1 amide bonds. The van der Waals surface area contributed by atoms with Crippen molar-refractivity contribution in [1.82, 2.24) is 4.90 Å². The molecule has 1 fully saturated rings. The quantitative estimate of drug-likeness (QED) is 0.524. The third-order valence-corrected chi connectivity index (χ3v) is 7.47. The van der Waals surface area contributed by atoms with Gasteiger partial charge in [-0.2, -0.15) is 0 Å². The summed E-state index contributed by atoms with van der Waals surface area (Å²) in [5, 5.41) is 10.0. The first-order chi connectivity index (χ1) is 17.0. The molecule has 0 saturated carbocycles. The van der Waals surface area contributed by atoms with Crippen molar-refractivity contribution in [2.45, 2.75) is 25.2 Å². The van der Waals surface area contributed by atoms with Crippen LogP contribution >= 0.6 is 0 Å². The summed E-state index contributed by atoms with van der Waals surface area (Å²) in [6, 6.07) is 24.0. The standard InChI is InChI=1S/C29H29NO5/c1-34-21-12-10-20(11-13-21)18-29(27(31)32)14-16-30(17-15-29)28(33)35-19-26-24-8-4-2-6-22(24)23-7-3-5-9-25(23)26/h2-13,26H,14-19H2,1H3,(H,31,32). The van der Waals surface area contributed by atoms with E-state index in [-0.39, 0.29) is 18.6 Å². The Morgan fingerprint density at radius 2 is 1.49 bits per heavy atom. The highest BCUT2D eigenvalue weighted by atomic mass is 16.6. The molecule has 0 atom stereocenters. The van der Waals surface area contributed by atoms with Crippen LogP contribution in [0.5, 0.6) is 5.75 Å². The fourth-order valence-electron chi connectivity index (χ4n) is 5.40. The van der Waals surface area contributed by atoms with Gasteiger partial charge < -0.3 is 19.5 Å². The maximum Gasteiger partial charge on any atom is 0.409 e. The van der Waals surface area contributed by atoms with E-state index < -0.39 is 11.4 Å². The maximum absolute atomic E-state index is 12.9. The van der Waals surface area contributed by atoms with Crippen molar-refractivity contribution >= 4 is 12.1 Å². The summed E-state index contributed by atoms with van der Waals surface area (Å²) < 4.78 is 11.0. The Kier molecular flexibility index (Phi) is 6.20. The second-order valence-electron chi connectivity index (χ2n) is 9.40. The molecular weight excluding hydrogens is 442 g/mol. The van der Waals surface area contributed by atoms with E-state index in [1.165, 1.54) is 22.3 Å². The maximum atomic E-state index is 12.9. The van der Waals surface area contributed by atoms with Gasteiger partial charge in [0.2, 0.25) is 0 Å². The highest BCUT2D eigenvalue weighted by Crippen LogP contribution is 2.44. The molecule has 1 N–H and O–H groups in total. The number of hydrogen-bond acceptors (Lipinski definition) is 4. The second-order valence-corrected chi connectivity index (χ2v) is 9.40. The third kappa shape index (κ3) is 4.36. The van der Waals surface area contributed by atoms with Crippen LogP contribution in [0.15, 0.2) is 72.8 Å². The lowest BCUT2D eigenvalue weighted by Gasteiger charge is -2.38. The molecule has 6 heteroatoms. The van der Waals surface area contributed by atoms with Crippen LogP contribution in [-0.4, -0.2) is 48.9 Å². The zero-order valence-corrected chi connectivity index (χ0v) is 19.8. The second kappa shape index (κ2) is 9.45. The fourth-order valence-corrected chi connectivity index (χ4v) is 5.40. The van der Waals surface area contributed by atoms with E-state index in [2.05, 4.69) is 24.3 Å². The molecule has 3 aromatic rings. The lowest BCUT2D eigenvalue weighted by molar-refractivity contribution is -0.151. The number of nitrogens with zero attached hydrogens (tertiary/aromatic N) is 1. The monoisotopic (exact) mass is 471 g/mol. The van der Waals surface area contributed by atoms with Crippen LogP contribution < -0.4 is 4.74 Å². The molecule has 2 aliphatic rings. The van der Waals surface area contributed by atoms with Gasteiger partial charge >= 0.3 is 12.1 Å². The summed E-state index contributed by atoms with van der Waals surface area (Å²) in [4.78, 5) is 26.8. The van der Waals surface area contributed by atoms with Crippen LogP contribution in [0.4, 0.5) is 4.79 Å². The molecule has 180 valence electrons. The molecule has 1 saturated heterocycles. The number of carboxylic acid groups (broad SMARTS) is 1. The Bertz CT molecular complexity index is 1180. The summed E-state index contributed by atoms with van der Waals surface area (Å²) in [6.45, 7) is 0.984. The van der Waals surface area contributed by atoms with Crippen LogP contribution in [0.2, 0.25) is 0 Å². The average Bonchev–Trinajstić information content (AvgIpc) is 3.22. The number of ether oxygens (including phenoxy) is 2. The van der Waals surface area contributed by atoms with E-state index in [1.807, 2.05) is 48.5 Å². The van der Waals surface area contributed by atoms with Crippen LogP contribution in [0.3, 0.4) is 0 Å². The summed E-state index contributed by atoms with van der Waals surface area (Å²) >= 11 is 0. The number of amides is 1. The molecule has 0 bridgehead atoms. The number of likely N-dealkylation sites (tertiary alicyclic amines) is 1. The average molecular weight is 472 g/mol. The van der Waals surface area contributed by atoms with Crippen LogP contribution in [0.25, 0.3) is 11.1 Å². The van der Waals surface area contributed by atoms with Gasteiger partial charge in [-0.1, -0.05) is 60.7 Å². The zero-order chi connectivity index (χ0) is 24.4. The molecule has 0 unspecified atom stereocenters. The Balaban J connectivity index is 1.22. The number of fused-ring (bicyclic) bond motifs is 3. The molecule has 0 aromatic heterocycles. The summed E-state index contributed by atoms with van der Waals surface area (Å²) in [5.74, 6) is -0.0759. The number of carbonyl (C=O) groups is 2. The molecule has 35 heavy (non-hydrogen) atoms. The van der Waals surface area contributed by atoms with Gasteiger partial charge in [-0.3, -0.25) is 4.79 Å². The fraction of sp³-hybridized carbons (Fsp3) is 0.310. The van der Waals surface area contributed by atoms with E-state index in [0.29, 0.717) is 32.4 Å². The molecular formula is C29H29NO5. The first kappa shape index (κ1) is 23.0. The zero-order valence-electron chi connectivity index (χ0n) is 19.8. The minimum absolute atomic E-state index is 0.00400. The van der Waals surface area contributed by atoms with Crippen molar-refractivity contribution < 1.29 is 24.2 Å². The lowest BCUT2D eigenvalue weighted by Crippen LogP contribution is -2.47. The van der Waals surface area contributed by atoms with Gasteiger partial charge in [-0.15, -0.1) is 0 Å². The summed E-state index contributed by atoms with van der Waals surface area (Å²) in [5.41, 5.74) is 4.77. The number of aliphatic carboxylic acids is 1. The normalized spacial score (nSPS) is 16.3. The van der Waals surface area contributed by atoms with Crippen molar-refractivity contribution in [3.63, 3.8) is 0 Å². The van der Waals surface area contributed by atoms with Gasteiger partial charge in [-0.05, 0) is 59.2 Å². The number of piperidine rings is 1. The molecule has 3 aromatic carbocycles. The van der Waals surface area contributed by atoms with Crippen LogP contribution in [0.1, 0.15) is 35.4 Å². The largest absolute Gasteiger partial charge is 0.497 e. The third-order valence-electron chi connectivity index (χ3n) is 7.47. The van der Waals surface area contributed by atoms with Gasteiger partial charge in [0.1, 0.15) is 12.4 Å². The molecule has 1 aliphatic heterocycles. The van der Waals surface area contributed by atoms with E-state index in [0.717, 1.165) is 11.3 Å². The predicted molar refractivity (Wildman–Crippen MR) is 133 cm³/mol. The van der Waals surface area contributed by atoms with Gasteiger partial charge in [0.05, 0.1) is 12.5 Å². The number of benzene rings is 3. The van der Waals surface area contributed by atoms with Gasteiger partial charge in [0.25, 0.3) is 0 Å². The Morgan fingerprint density at radius 3 is 2.03 bits per heavy atom. The Hall–Kier alpha value is -3.80. The highest BCUT2D eigenvalue weighted by Gasteiger charge is 2.43. The Labute approximate surface area is 205 Å². The summed E-state index contributed by atoms with van der Waals surface area (Å²) in [6.07, 6.45) is 0.817. The summed E-state index contributed by atoms with van der Waals surface area (Å²) in [7, 11) is 1.60. The number of methoxy groups -OCH3 is 1.